The number of thiazole rings is 1. The lowest BCUT2D eigenvalue weighted by molar-refractivity contribution is 0.0856. The molecule has 0 aliphatic carbocycles. The molecule has 1 saturated heterocycles. The van der Waals surface area contributed by atoms with Crippen molar-refractivity contribution in [2.75, 3.05) is 13.1 Å². The fourth-order valence-electron chi connectivity index (χ4n) is 3.03. The summed E-state index contributed by atoms with van der Waals surface area (Å²) in [6.07, 6.45) is 1.31. The molecule has 4 rings (SSSR count). The average molecular weight is 366 g/mol. The molecule has 126 valence electrons. The number of oxime groups is 1. The second-order valence-electron chi connectivity index (χ2n) is 6.16. The number of benzene rings is 1. The second kappa shape index (κ2) is 6.43. The standard InChI is InChI=1S/C17H17ClFN3OS/c18-22-8-6-17(19,7-9-22)16-20-14(11-24-16)13-10-15(23-21-13)12-4-2-1-3-5-12/h1-5,11,15H,6-10H2. The lowest BCUT2D eigenvalue weighted by Crippen LogP contribution is -2.35. The van der Waals surface area contributed by atoms with Gasteiger partial charge in [-0.3, -0.25) is 0 Å². The summed E-state index contributed by atoms with van der Waals surface area (Å²) in [5.74, 6) is 0. The fourth-order valence-corrected chi connectivity index (χ4v) is 4.18. The summed E-state index contributed by atoms with van der Waals surface area (Å²) in [6, 6.07) is 9.97. The van der Waals surface area contributed by atoms with E-state index in [4.69, 9.17) is 16.6 Å². The number of aromatic nitrogens is 1. The Kier molecular flexibility index (Phi) is 4.28. The normalized spacial score (nSPS) is 23.8. The zero-order valence-corrected chi connectivity index (χ0v) is 14.6. The van der Waals surface area contributed by atoms with Gasteiger partial charge < -0.3 is 4.84 Å². The van der Waals surface area contributed by atoms with Crippen LogP contribution in [0.2, 0.25) is 0 Å². The van der Waals surface area contributed by atoms with Crippen molar-refractivity contribution in [1.29, 1.82) is 0 Å². The Morgan fingerprint density at radius 1 is 1.25 bits per heavy atom. The average Bonchev–Trinajstić information content (AvgIpc) is 3.27. The third-order valence-electron chi connectivity index (χ3n) is 4.52. The number of hydrogen-bond acceptors (Lipinski definition) is 5. The van der Waals surface area contributed by atoms with Crippen LogP contribution in [-0.2, 0) is 10.5 Å². The highest BCUT2D eigenvalue weighted by Gasteiger charge is 2.39. The van der Waals surface area contributed by atoms with E-state index in [-0.39, 0.29) is 6.10 Å². The van der Waals surface area contributed by atoms with Crippen LogP contribution >= 0.6 is 23.1 Å². The SMILES string of the molecule is FC1(c2nc(C3=NOC(c4ccccc4)C3)cs2)CCN(Cl)CC1. The molecule has 1 aromatic heterocycles. The van der Waals surface area contributed by atoms with Crippen LogP contribution < -0.4 is 0 Å². The molecule has 0 bridgehead atoms. The molecule has 24 heavy (non-hydrogen) atoms. The van der Waals surface area contributed by atoms with Gasteiger partial charge in [-0.25, -0.2) is 13.8 Å². The summed E-state index contributed by atoms with van der Waals surface area (Å²) in [5, 5.41) is 6.56. The maximum Gasteiger partial charge on any atom is 0.164 e. The maximum absolute atomic E-state index is 15.1. The van der Waals surface area contributed by atoms with Crippen molar-refractivity contribution in [2.45, 2.75) is 31.0 Å². The van der Waals surface area contributed by atoms with E-state index >= 15 is 4.39 Å². The predicted octanol–water partition coefficient (Wildman–Crippen LogP) is 4.42. The van der Waals surface area contributed by atoms with Crippen molar-refractivity contribution in [3.8, 4) is 0 Å². The number of nitrogens with zero attached hydrogens (tertiary/aromatic N) is 3. The van der Waals surface area contributed by atoms with Crippen LogP contribution in [0.15, 0.2) is 40.9 Å². The van der Waals surface area contributed by atoms with Crippen LogP contribution in [0.3, 0.4) is 0 Å². The molecule has 1 aromatic carbocycles. The Hall–Kier alpha value is -1.50. The Bertz CT molecular complexity index is 743. The minimum atomic E-state index is -1.38. The van der Waals surface area contributed by atoms with Crippen molar-refractivity contribution >= 4 is 28.8 Å². The van der Waals surface area contributed by atoms with Crippen LogP contribution in [0.4, 0.5) is 4.39 Å². The highest BCUT2D eigenvalue weighted by atomic mass is 35.5. The van der Waals surface area contributed by atoms with Gasteiger partial charge in [0.25, 0.3) is 0 Å². The van der Waals surface area contributed by atoms with Gasteiger partial charge in [0.2, 0.25) is 0 Å². The summed E-state index contributed by atoms with van der Waals surface area (Å²) in [6.45, 7) is 1.07. The first-order valence-electron chi connectivity index (χ1n) is 7.98. The molecule has 2 aromatic rings. The molecule has 0 amide bonds. The third kappa shape index (κ3) is 3.06. The molecule has 0 radical (unpaired) electrons. The lowest BCUT2D eigenvalue weighted by atomic mass is 9.95. The van der Waals surface area contributed by atoms with Gasteiger partial charge in [-0.15, -0.1) is 11.3 Å². The molecule has 0 saturated carbocycles. The summed E-state index contributed by atoms with van der Waals surface area (Å²) in [7, 11) is 0. The maximum atomic E-state index is 15.1. The zero-order valence-electron chi connectivity index (χ0n) is 13.0. The van der Waals surface area contributed by atoms with Gasteiger partial charge in [-0.1, -0.05) is 35.5 Å². The first-order valence-corrected chi connectivity index (χ1v) is 9.19. The number of hydrogen-bond donors (Lipinski definition) is 0. The summed E-state index contributed by atoms with van der Waals surface area (Å²) < 4.78 is 16.7. The molecule has 0 N–H and O–H groups in total. The van der Waals surface area contributed by atoms with E-state index in [9.17, 15) is 0 Å². The Labute approximate surface area is 149 Å². The number of alkyl halides is 1. The van der Waals surface area contributed by atoms with Crippen LogP contribution in [-0.4, -0.2) is 28.2 Å². The van der Waals surface area contributed by atoms with Gasteiger partial charge in [0.1, 0.15) is 10.7 Å². The monoisotopic (exact) mass is 365 g/mol. The minimum absolute atomic E-state index is 0.0924. The van der Waals surface area contributed by atoms with Crippen LogP contribution in [0.25, 0.3) is 0 Å². The van der Waals surface area contributed by atoms with Gasteiger partial charge in [0.05, 0.1) is 5.69 Å². The number of piperidine rings is 1. The summed E-state index contributed by atoms with van der Waals surface area (Å²) in [4.78, 5) is 10.0. The van der Waals surface area contributed by atoms with E-state index in [1.54, 1.807) is 4.42 Å². The summed E-state index contributed by atoms with van der Waals surface area (Å²) >= 11 is 7.28. The first kappa shape index (κ1) is 16.0. The van der Waals surface area contributed by atoms with Gasteiger partial charge in [-0.2, -0.15) is 0 Å². The van der Waals surface area contributed by atoms with E-state index in [0.29, 0.717) is 37.4 Å². The van der Waals surface area contributed by atoms with Crippen molar-refractivity contribution in [1.82, 2.24) is 9.40 Å². The smallest absolute Gasteiger partial charge is 0.164 e. The first-order chi connectivity index (χ1) is 11.6. The molecule has 1 atom stereocenters. The highest BCUT2D eigenvalue weighted by Crippen LogP contribution is 2.39. The molecule has 7 heteroatoms. The topological polar surface area (TPSA) is 37.7 Å². The molecule has 2 aliphatic rings. The molecule has 2 aliphatic heterocycles. The number of halogens is 2. The van der Waals surface area contributed by atoms with E-state index in [1.165, 1.54) is 11.3 Å². The zero-order chi connectivity index (χ0) is 16.6. The van der Waals surface area contributed by atoms with Gasteiger partial charge >= 0.3 is 0 Å². The quantitative estimate of drug-likeness (QED) is 0.755. The lowest BCUT2D eigenvalue weighted by Gasteiger charge is -2.31. The molecule has 3 heterocycles. The Morgan fingerprint density at radius 2 is 2.00 bits per heavy atom. The third-order valence-corrected chi connectivity index (χ3v) is 5.88. The van der Waals surface area contributed by atoms with Crippen molar-refractivity contribution in [3.05, 3.63) is 52.0 Å². The number of rotatable bonds is 3. The van der Waals surface area contributed by atoms with Crippen LogP contribution in [0, 0.1) is 0 Å². The highest BCUT2D eigenvalue weighted by molar-refractivity contribution is 7.10. The van der Waals surface area contributed by atoms with Crippen molar-refractivity contribution < 1.29 is 9.23 Å². The van der Waals surface area contributed by atoms with E-state index in [0.717, 1.165) is 17.0 Å². The van der Waals surface area contributed by atoms with Crippen LogP contribution in [0.1, 0.15) is 41.6 Å². The minimum Gasteiger partial charge on any atom is -0.387 e. The second-order valence-corrected chi connectivity index (χ2v) is 7.50. The van der Waals surface area contributed by atoms with E-state index in [2.05, 4.69) is 10.1 Å². The Morgan fingerprint density at radius 3 is 2.75 bits per heavy atom. The van der Waals surface area contributed by atoms with E-state index in [1.807, 2.05) is 35.7 Å². The molecular formula is C17H17ClFN3OS. The fraction of sp³-hybridized carbons (Fsp3) is 0.412. The largest absolute Gasteiger partial charge is 0.387 e. The summed E-state index contributed by atoms with van der Waals surface area (Å²) in [5.41, 5.74) is 1.21. The van der Waals surface area contributed by atoms with E-state index < -0.39 is 5.67 Å². The van der Waals surface area contributed by atoms with Crippen LogP contribution in [0.5, 0.6) is 0 Å². The molecule has 1 fully saturated rings. The van der Waals surface area contributed by atoms with Gasteiger partial charge in [0.15, 0.2) is 11.8 Å². The Balaban J connectivity index is 1.48. The molecule has 4 nitrogen and oxygen atoms in total. The predicted molar refractivity (Wildman–Crippen MR) is 93.0 cm³/mol. The molecule has 1 unspecified atom stereocenters. The van der Waals surface area contributed by atoms with Crippen molar-refractivity contribution in [2.24, 2.45) is 5.16 Å². The molecule has 0 spiro atoms. The van der Waals surface area contributed by atoms with Gasteiger partial charge in [-0.05, 0) is 17.3 Å². The van der Waals surface area contributed by atoms with Gasteiger partial charge in [0, 0.05) is 37.7 Å². The van der Waals surface area contributed by atoms with Crippen molar-refractivity contribution in [3.63, 3.8) is 0 Å². The molecular weight excluding hydrogens is 349 g/mol.